The van der Waals surface area contributed by atoms with Gasteiger partial charge in [-0.3, -0.25) is 0 Å². The molecule has 2 rings (SSSR count). The molecule has 0 bridgehead atoms. The first-order valence-electron chi connectivity index (χ1n) is 6.70. The zero-order valence-corrected chi connectivity index (χ0v) is 13.7. The van der Waals surface area contributed by atoms with Gasteiger partial charge in [0.15, 0.2) is 0 Å². The predicted molar refractivity (Wildman–Crippen MR) is 80.5 cm³/mol. The SMILES string of the molecule is CC1(Nc2cc(Br)nc(C(C)(C)C)n2)CCOCC1. The maximum Gasteiger partial charge on any atom is 0.137 e. The number of rotatable bonds is 2. The molecule has 1 fully saturated rings. The van der Waals surface area contributed by atoms with E-state index in [0.29, 0.717) is 0 Å². The van der Waals surface area contributed by atoms with E-state index in [1.807, 2.05) is 6.07 Å². The van der Waals surface area contributed by atoms with Crippen molar-refractivity contribution >= 4 is 21.7 Å². The number of ether oxygens (including phenoxy) is 1. The average molecular weight is 328 g/mol. The standard InChI is InChI=1S/C14H22BrN3O/c1-13(2,3)12-16-10(15)9-11(17-12)18-14(4)5-7-19-8-6-14/h9H,5-8H2,1-4H3,(H,16,17,18). The number of anilines is 1. The van der Waals surface area contributed by atoms with Gasteiger partial charge in [0.25, 0.3) is 0 Å². The summed E-state index contributed by atoms with van der Waals surface area (Å²) >= 11 is 3.47. The molecule has 0 saturated carbocycles. The summed E-state index contributed by atoms with van der Waals surface area (Å²) in [6.07, 6.45) is 2.00. The highest BCUT2D eigenvalue weighted by molar-refractivity contribution is 9.10. The molecule has 1 N–H and O–H groups in total. The summed E-state index contributed by atoms with van der Waals surface area (Å²) in [5, 5.41) is 3.55. The molecule has 0 spiro atoms. The highest BCUT2D eigenvalue weighted by Crippen LogP contribution is 2.27. The van der Waals surface area contributed by atoms with Crippen LogP contribution in [0.15, 0.2) is 10.7 Å². The number of halogens is 1. The molecule has 19 heavy (non-hydrogen) atoms. The van der Waals surface area contributed by atoms with Crippen molar-refractivity contribution < 1.29 is 4.74 Å². The van der Waals surface area contributed by atoms with Crippen LogP contribution in [0.25, 0.3) is 0 Å². The minimum absolute atomic E-state index is 0.0567. The number of hydrogen-bond donors (Lipinski definition) is 1. The highest BCUT2D eigenvalue weighted by Gasteiger charge is 2.28. The van der Waals surface area contributed by atoms with Crippen LogP contribution in [-0.2, 0) is 10.2 Å². The van der Waals surface area contributed by atoms with Crippen molar-refractivity contribution in [1.29, 1.82) is 0 Å². The van der Waals surface area contributed by atoms with Gasteiger partial charge in [0.05, 0.1) is 0 Å². The molecule has 0 atom stereocenters. The normalized spacial score (nSPS) is 19.2. The summed E-state index contributed by atoms with van der Waals surface area (Å²) in [7, 11) is 0. The summed E-state index contributed by atoms with van der Waals surface area (Å²) in [5.41, 5.74) is -0.00200. The zero-order chi connectivity index (χ0) is 14.1. The van der Waals surface area contributed by atoms with E-state index in [4.69, 9.17) is 4.74 Å². The average Bonchev–Trinajstić information content (AvgIpc) is 2.27. The van der Waals surface area contributed by atoms with Crippen LogP contribution in [0.3, 0.4) is 0 Å². The van der Waals surface area contributed by atoms with Crippen LogP contribution in [0.5, 0.6) is 0 Å². The Bertz CT molecular complexity index is 450. The maximum absolute atomic E-state index is 5.42. The first kappa shape index (κ1) is 14.7. The smallest absolute Gasteiger partial charge is 0.137 e. The molecule has 0 amide bonds. The van der Waals surface area contributed by atoms with Gasteiger partial charge in [-0.1, -0.05) is 20.8 Å². The van der Waals surface area contributed by atoms with Gasteiger partial charge < -0.3 is 10.1 Å². The first-order valence-corrected chi connectivity index (χ1v) is 7.49. The third kappa shape index (κ3) is 3.89. The Morgan fingerprint density at radius 3 is 2.47 bits per heavy atom. The van der Waals surface area contributed by atoms with Crippen LogP contribution < -0.4 is 5.32 Å². The van der Waals surface area contributed by atoms with Crippen molar-refractivity contribution in [2.75, 3.05) is 18.5 Å². The quantitative estimate of drug-likeness (QED) is 0.844. The Labute approximate surface area is 123 Å². The molecule has 2 heterocycles. The topological polar surface area (TPSA) is 47.0 Å². The van der Waals surface area contributed by atoms with Crippen molar-refractivity contribution in [3.63, 3.8) is 0 Å². The van der Waals surface area contributed by atoms with E-state index >= 15 is 0 Å². The molecule has 0 radical (unpaired) electrons. The predicted octanol–water partition coefficient (Wildman–Crippen LogP) is 3.52. The minimum atomic E-state index is -0.0587. The second-order valence-corrected chi connectivity index (χ2v) is 7.26. The third-order valence-corrected chi connectivity index (χ3v) is 3.80. The molecule has 1 aliphatic rings. The molecule has 1 aliphatic heterocycles. The van der Waals surface area contributed by atoms with Crippen molar-refractivity contribution in [3.8, 4) is 0 Å². The van der Waals surface area contributed by atoms with Crippen LogP contribution in [0.4, 0.5) is 5.82 Å². The van der Waals surface area contributed by atoms with Gasteiger partial charge >= 0.3 is 0 Å². The molecule has 0 unspecified atom stereocenters. The lowest BCUT2D eigenvalue weighted by atomic mass is 9.92. The second kappa shape index (κ2) is 5.37. The zero-order valence-electron chi connectivity index (χ0n) is 12.1. The van der Waals surface area contributed by atoms with Crippen molar-refractivity contribution in [2.24, 2.45) is 0 Å². The molecule has 5 heteroatoms. The Morgan fingerprint density at radius 1 is 1.26 bits per heavy atom. The monoisotopic (exact) mass is 327 g/mol. The van der Waals surface area contributed by atoms with Crippen molar-refractivity contribution in [2.45, 2.75) is 51.5 Å². The first-order chi connectivity index (χ1) is 8.78. The second-order valence-electron chi connectivity index (χ2n) is 6.45. The highest BCUT2D eigenvalue weighted by atomic mass is 79.9. The fourth-order valence-electron chi connectivity index (χ4n) is 2.07. The van der Waals surface area contributed by atoms with Crippen molar-refractivity contribution in [3.05, 3.63) is 16.5 Å². The number of nitrogens with zero attached hydrogens (tertiary/aromatic N) is 2. The molecule has 0 aliphatic carbocycles. The van der Waals surface area contributed by atoms with E-state index in [1.54, 1.807) is 0 Å². The number of hydrogen-bond acceptors (Lipinski definition) is 4. The Kier molecular flexibility index (Phi) is 4.16. The summed E-state index contributed by atoms with van der Waals surface area (Å²) in [6.45, 7) is 10.2. The number of aromatic nitrogens is 2. The molecule has 0 aromatic carbocycles. The van der Waals surface area contributed by atoms with Crippen LogP contribution in [-0.4, -0.2) is 28.7 Å². The molecular weight excluding hydrogens is 306 g/mol. The molecule has 106 valence electrons. The van der Waals surface area contributed by atoms with Crippen molar-refractivity contribution in [1.82, 2.24) is 9.97 Å². The van der Waals surface area contributed by atoms with Gasteiger partial charge in [0.1, 0.15) is 16.2 Å². The summed E-state index contributed by atoms with van der Waals surface area (Å²) in [4.78, 5) is 9.11. The Balaban J connectivity index is 2.22. The third-order valence-electron chi connectivity index (χ3n) is 3.39. The van der Waals surface area contributed by atoms with E-state index < -0.39 is 0 Å². The minimum Gasteiger partial charge on any atom is -0.381 e. The van der Waals surface area contributed by atoms with E-state index in [-0.39, 0.29) is 11.0 Å². The van der Waals surface area contributed by atoms with Gasteiger partial charge in [0, 0.05) is 30.2 Å². The lowest BCUT2D eigenvalue weighted by Crippen LogP contribution is -2.41. The molecule has 1 aromatic heterocycles. The van der Waals surface area contributed by atoms with E-state index in [0.717, 1.165) is 42.3 Å². The Morgan fingerprint density at radius 2 is 1.89 bits per heavy atom. The molecular formula is C14H22BrN3O. The number of nitrogens with one attached hydrogen (secondary N) is 1. The van der Waals surface area contributed by atoms with E-state index in [2.05, 4.69) is 58.9 Å². The van der Waals surface area contributed by atoms with Crippen LogP contribution in [0.2, 0.25) is 0 Å². The van der Waals surface area contributed by atoms with Crippen LogP contribution in [0.1, 0.15) is 46.4 Å². The summed E-state index contributed by atoms with van der Waals surface area (Å²) in [5.74, 6) is 1.73. The Hall–Kier alpha value is -0.680. The van der Waals surface area contributed by atoms with Gasteiger partial charge in [-0.15, -0.1) is 0 Å². The molecule has 1 aromatic rings. The van der Waals surface area contributed by atoms with E-state index in [9.17, 15) is 0 Å². The lowest BCUT2D eigenvalue weighted by Gasteiger charge is -2.35. The van der Waals surface area contributed by atoms with Gasteiger partial charge in [-0.05, 0) is 35.7 Å². The fourth-order valence-corrected chi connectivity index (χ4v) is 2.46. The largest absolute Gasteiger partial charge is 0.381 e. The summed E-state index contributed by atoms with van der Waals surface area (Å²) < 4.78 is 6.25. The van der Waals surface area contributed by atoms with Gasteiger partial charge in [-0.25, -0.2) is 9.97 Å². The fraction of sp³-hybridized carbons (Fsp3) is 0.714. The van der Waals surface area contributed by atoms with Crippen LogP contribution in [0, 0.1) is 0 Å². The van der Waals surface area contributed by atoms with Gasteiger partial charge in [-0.2, -0.15) is 0 Å². The lowest BCUT2D eigenvalue weighted by molar-refractivity contribution is 0.0657. The summed E-state index contributed by atoms with van der Waals surface area (Å²) in [6, 6.07) is 1.94. The maximum atomic E-state index is 5.42. The van der Waals surface area contributed by atoms with Gasteiger partial charge in [0.2, 0.25) is 0 Å². The van der Waals surface area contributed by atoms with E-state index in [1.165, 1.54) is 0 Å². The molecule has 1 saturated heterocycles. The molecule has 4 nitrogen and oxygen atoms in total. The van der Waals surface area contributed by atoms with Crippen LogP contribution >= 0.6 is 15.9 Å².